The second kappa shape index (κ2) is 14.4. The summed E-state index contributed by atoms with van der Waals surface area (Å²) in [5.41, 5.74) is 9.39. The molecule has 0 atom stereocenters. The van der Waals surface area contributed by atoms with Gasteiger partial charge in [-0.2, -0.15) is 13.2 Å². The molecule has 8 nitrogen and oxygen atoms in total. The Morgan fingerprint density at radius 2 is 1.48 bits per heavy atom. The first-order valence-corrected chi connectivity index (χ1v) is 6.01. The van der Waals surface area contributed by atoms with Crippen LogP contribution < -0.4 is 11.5 Å². The molecule has 0 rings (SSSR count). The number of hydrogen-bond acceptors (Lipinski definition) is 5. The van der Waals surface area contributed by atoms with Crippen molar-refractivity contribution in [2.75, 3.05) is 6.61 Å². The maximum atomic E-state index is 10.6. The lowest BCUT2D eigenvalue weighted by Crippen LogP contribution is -2.21. The van der Waals surface area contributed by atoms with Crippen molar-refractivity contribution < 1.29 is 42.2 Å². The Morgan fingerprint density at radius 1 is 1.13 bits per heavy atom. The van der Waals surface area contributed by atoms with E-state index in [2.05, 4.69) is 11.3 Å². The predicted octanol–water partition coefficient (Wildman–Crippen LogP) is 0.496. The van der Waals surface area contributed by atoms with Crippen LogP contribution in [0.3, 0.4) is 0 Å². The predicted molar refractivity (Wildman–Crippen MR) is 72.8 cm³/mol. The van der Waals surface area contributed by atoms with Gasteiger partial charge in [-0.15, -0.1) is 0 Å². The van der Waals surface area contributed by atoms with Gasteiger partial charge in [0.15, 0.2) is 0 Å². The number of esters is 1. The van der Waals surface area contributed by atoms with E-state index in [0.717, 1.165) is 0 Å². The largest absolute Gasteiger partial charge is 0.490 e. The van der Waals surface area contributed by atoms with Crippen LogP contribution in [-0.4, -0.2) is 41.6 Å². The third-order valence-corrected chi connectivity index (χ3v) is 1.51. The van der Waals surface area contributed by atoms with Crippen molar-refractivity contribution >= 4 is 23.8 Å². The number of aliphatic carboxylic acids is 1. The van der Waals surface area contributed by atoms with Gasteiger partial charge in [0, 0.05) is 19.3 Å². The molecule has 5 N–H and O–H groups in total. The normalized spacial score (nSPS) is 9.22. The van der Waals surface area contributed by atoms with E-state index in [9.17, 15) is 27.6 Å². The van der Waals surface area contributed by atoms with Crippen LogP contribution in [0.15, 0.2) is 12.7 Å². The summed E-state index contributed by atoms with van der Waals surface area (Å²) >= 11 is 0. The molecule has 0 aromatic rings. The van der Waals surface area contributed by atoms with Crippen LogP contribution in [0.25, 0.3) is 0 Å². The summed E-state index contributed by atoms with van der Waals surface area (Å²) in [6.07, 6.45) is -2.99. The number of amides is 2. The van der Waals surface area contributed by atoms with Gasteiger partial charge in [0.25, 0.3) is 0 Å². The van der Waals surface area contributed by atoms with Crippen molar-refractivity contribution in [1.82, 2.24) is 0 Å². The molecule has 0 spiro atoms. The van der Waals surface area contributed by atoms with Crippen LogP contribution in [-0.2, 0) is 23.9 Å². The summed E-state index contributed by atoms with van der Waals surface area (Å²) in [7, 11) is 0. The van der Waals surface area contributed by atoms with Crippen molar-refractivity contribution in [3.8, 4) is 0 Å². The van der Waals surface area contributed by atoms with Crippen LogP contribution in [0.2, 0.25) is 0 Å². The first-order valence-electron chi connectivity index (χ1n) is 6.01. The van der Waals surface area contributed by atoms with Crippen molar-refractivity contribution in [2.45, 2.75) is 32.4 Å². The molecule has 134 valence electrons. The number of rotatable bonds is 6. The summed E-state index contributed by atoms with van der Waals surface area (Å²) in [6, 6.07) is 0. The average Bonchev–Trinajstić information content (AvgIpc) is 2.42. The van der Waals surface area contributed by atoms with Gasteiger partial charge in [-0.1, -0.05) is 19.6 Å². The number of carboxylic acid groups (broad SMARTS) is 1. The molecule has 0 fully saturated rings. The van der Waals surface area contributed by atoms with Crippen molar-refractivity contribution in [1.29, 1.82) is 0 Å². The zero-order valence-electron chi connectivity index (χ0n) is 12.4. The third kappa shape index (κ3) is 28.3. The molecule has 0 aliphatic carbocycles. The molecule has 0 aromatic carbocycles. The van der Waals surface area contributed by atoms with Gasteiger partial charge < -0.3 is 21.3 Å². The van der Waals surface area contributed by atoms with Gasteiger partial charge in [-0.05, 0) is 0 Å². The highest BCUT2D eigenvalue weighted by atomic mass is 19.4. The topological polar surface area (TPSA) is 150 Å². The highest BCUT2D eigenvalue weighted by molar-refractivity contribution is 5.81. The number of carbonyl (C=O) groups is 4. The number of carbonyl (C=O) groups excluding carboxylic acids is 3. The number of nitrogens with two attached hydrogens (primary N) is 2. The molecule has 0 radical (unpaired) electrons. The lowest BCUT2D eigenvalue weighted by atomic mass is 10.3. The monoisotopic (exact) mass is 344 g/mol. The second-order valence-corrected chi connectivity index (χ2v) is 3.56. The summed E-state index contributed by atoms with van der Waals surface area (Å²) in [4.78, 5) is 39.0. The van der Waals surface area contributed by atoms with E-state index in [-0.39, 0.29) is 18.8 Å². The molecule has 0 unspecified atom stereocenters. The first-order chi connectivity index (χ1) is 10.4. The smallest absolute Gasteiger partial charge is 0.475 e. The fourth-order valence-electron chi connectivity index (χ4n) is 0.500. The molecule has 0 saturated heterocycles. The summed E-state index contributed by atoms with van der Waals surface area (Å²) in [6.45, 7) is 5.47. The summed E-state index contributed by atoms with van der Waals surface area (Å²) < 4.78 is 36.3. The molecule has 0 saturated carbocycles. The van der Waals surface area contributed by atoms with E-state index < -0.39 is 24.0 Å². The minimum atomic E-state index is -5.08. The van der Waals surface area contributed by atoms with Crippen LogP contribution in [0.5, 0.6) is 0 Å². The molecule has 11 heteroatoms. The van der Waals surface area contributed by atoms with Gasteiger partial charge in [0.1, 0.15) is 6.61 Å². The lowest BCUT2D eigenvalue weighted by molar-refractivity contribution is -0.192. The van der Waals surface area contributed by atoms with Crippen LogP contribution in [0.1, 0.15) is 26.2 Å². The molecule has 0 bridgehead atoms. The zero-order chi connectivity index (χ0) is 19.1. The summed E-state index contributed by atoms with van der Waals surface area (Å²) in [5, 5.41) is 7.12. The SMILES string of the molecule is C=CCOC(=O)CC.NC(=O)CCC(N)=O.O=C(O)C(F)(F)F. The maximum absolute atomic E-state index is 10.6. The van der Waals surface area contributed by atoms with E-state index in [0.29, 0.717) is 13.0 Å². The Bertz CT molecular complexity index is 396. The fourth-order valence-corrected chi connectivity index (χ4v) is 0.500. The highest BCUT2D eigenvalue weighted by Gasteiger charge is 2.38. The van der Waals surface area contributed by atoms with Crippen molar-refractivity contribution in [2.24, 2.45) is 11.5 Å². The van der Waals surface area contributed by atoms with Crippen LogP contribution in [0.4, 0.5) is 13.2 Å². The number of ether oxygens (including phenoxy) is 1. The Labute approximate surface area is 130 Å². The van der Waals surface area contributed by atoms with E-state index in [1.165, 1.54) is 0 Å². The second-order valence-electron chi connectivity index (χ2n) is 3.56. The van der Waals surface area contributed by atoms with Gasteiger partial charge in [-0.25, -0.2) is 4.79 Å². The number of halogens is 3. The molecule has 23 heavy (non-hydrogen) atoms. The summed E-state index contributed by atoms with van der Waals surface area (Å²) in [5.74, 6) is -3.93. The van der Waals surface area contributed by atoms with Crippen molar-refractivity contribution in [3.05, 3.63) is 12.7 Å². The van der Waals surface area contributed by atoms with Gasteiger partial charge >= 0.3 is 18.1 Å². The van der Waals surface area contributed by atoms with E-state index in [1.54, 1.807) is 13.0 Å². The molecule has 0 aromatic heterocycles. The van der Waals surface area contributed by atoms with Crippen molar-refractivity contribution in [3.63, 3.8) is 0 Å². The van der Waals surface area contributed by atoms with E-state index in [1.807, 2.05) is 0 Å². The van der Waals surface area contributed by atoms with Crippen LogP contribution in [0, 0.1) is 0 Å². The van der Waals surface area contributed by atoms with E-state index in [4.69, 9.17) is 21.4 Å². The Balaban J connectivity index is -0.000000262. The first kappa shape index (κ1) is 25.4. The number of primary amides is 2. The highest BCUT2D eigenvalue weighted by Crippen LogP contribution is 2.13. The minimum absolute atomic E-state index is 0.0509. The quantitative estimate of drug-likeness (QED) is 0.471. The van der Waals surface area contributed by atoms with Gasteiger partial charge in [0.2, 0.25) is 11.8 Å². The van der Waals surface area contributed by atoms with Gasteiger partial charge in [0.05, 0.1) is 0 Å². The lowest BCUT2D eigenvalue weighted by Gasteiger charge is -1.94. The molecule has 0 aliphatic rings. The van der Waals surface area contributed by atoms with Gasteiger partial charge in [-0.3, -0.25) is 14.4 Å². The number of hydrogen-bond donors (Lipinski definition) is 3. The fraction of sp³-hybridized carbons (Fsp3) is 0.500. The Morgan fingerprint density at radius 3 is 1.65 bits per heavy atom. The molecule has 0 heterocycles. The van der Waals surface area contributed by atoms with E-state index >= 15 is 0 Å². The Kier molecular flexibility index (Phi) is 15.8. The van der Waals surface area contributed by atoms with Crippen LogP contribution >= 0.6 is 0 Å². The number of carboxylic acids is 1. The zero-order valence-corrected chi connectivity index (χ0v) is 12.4. The number of alkyl halides is 3. The molecular weight excluding hydrogens is 325 g/mol. The Hall–Kier alpha value is -2.59. The standard InChI is InChI=1S/C6H10O2.C4H8N2O2.C2HF3O2/c1-3-5-8-6(7)4-2;5-3(7)1-2-4(6)8;3-2(4,5)1(6)7/h3H,1,4-5H2,2H3;1-2H2,(H2,5,7)(H2,6,8);(H,6,7). The molecule has 2 amide bonds. The average molecular weight is 344 g/mol. The maximum Gasteiger partial charge on any atom is 0.490 e. The molecular formula is C12H19F3N2O6. The third-order valence-electron chi connectivity index (χ3n) is 1.51. The molecule has 0 aliphatic heterocycles. The minimum Gasteiger partial charge on any atom is -0.475 e.